The Morgan fingerprint density at radius 3 is 2.75 bits per heavy atom. The molecule has 3 heterocycles. The van der Waals surface area contributed by atoms with Gasteiger partial charge >= 0.3 is 5.97 Å². The first-order valence-electron chi connectivity index (χ1n) is 9.85. The van der Waals surface area contributed by atoms with Crippen LogP contribution in [0, 0.1) is 0 Å². The number of nitrogens with zero attached hydrogens (tertiary/aromatic N) is 3. The molecule has 1 aliphatic rings. The second kappa shape index (κ2) is 6.96. The minimum atomic E-state index is -1.02. The van der Waals surface area contributed by atoms with Gasteiger partial charge in [-0.1, -0.05) is 12.1 Å². The van der Waals surface area contributed by atoms with Gasteiger partial charge in [-0.05, 0) is 53.6 Å². The Bertz CT molecular complexity index is 1540. The molecule has 9 heteroatoms. The zero-order valence-electron chi connectivity index (χ0n) is 16.6. The number of aromatic nitrogens is 3. The molecule has 2 aromatic heterocycles. The lowest BCUT2D eigenvalue weighted by Crippen LogP contribution is -2.10. The highest BCUT2D eigenvalue weighted by molar-refractivity contribution is 7.00. The lowest BCUT2D eigenvalue weighted by atomic mass is 10.0. The van der Waals surface area contributed by atoms with Crippen molar-refractivity contribution in [2.24, 2.45) is 0 Å². The summed E-state index contributed by atoms with van der Waals surface area (Å²) in [4.78, 5) is 12.5. The fourth-order valence-electron chi connectivity index (χ4n) is 4.21. The van der Waals surface area contributed by atoms with E-state index in [0.717, 1.165) is 44.8 Å². The van der Waals surface area contributed by atoms with Gasteiger partial charge in [-0.2, -0.15) is 8.75 Å². The van der Waals surface area contributed by atoms with Gasteiger partial charge in [0.15, 0.2) is 11.5 Å². The molecule has 158 valence electrons. The fourth-order valence-corrected chi connectivity index (χ4v) is 4.73. The Kier molecular flexibility index (Phi) is 4.05. The van der Waals surface area contributed by atoms with Gasteiger partial charge in [0.05, 0.1) is 11.7 Å². The highest BCUT2D eigenvalue weighted by Crippen LogP contribution is 2.41. The monoisotopic (exact) mass is 444 g/mol. The van der Waals surface area contributed by atoms with Gasteiger partial charge < -0.3 is 24.9 Å². The van der Waals surface area contributed by atoms with E-state index in [0.29, 0.717) is 29.3 Å². The van der Waals surface area contributed by atoms with Crippen LogP contribution in [0.15, 0.2) is 54.6 Å². The Morgan fingerprint density at radius 1 is 1.03 bits per heavy atom. The molecule has 3 aromatic carbocycles. The normalized spacial score (nSPS) is 12.6. The van der Waals surface area contributed by atoms with Gasteiger partial charge in [0.2, 0.25) is 6.79 Å². The summed E-state index contributed by atoms with van der Waals surface area (Å²) in [5, 5.41) is 11.0. The van der Waals surface area contributed by atoms with Crippen LogP contribution in [0.1, 0.15) is 16.1 Å². The molecule has 0 spiro atoms. The minimum absolute atomic E-state index is 0.146. The predicted octanol–water partition coefficient (Wildman–Crippen LogP) is 4.37. The molecule has 0 aliphatic carbocycles. The summed E-state index contributed by atoms with van der Waals surface area (Å²) in [5.41, 5.74) is 11.5. The molecular weight excluding hydrogens is 428 g/mol. The van der Waals surface area contributed by atoms with E-state index in [1.165, 1.54) is 0 Å². The van der Waals surface area contributed by atoms with Crippen molar-refractivity contribution in [1.82, 2.24) is 13.3 Å². The van der Waals surface area contributed by atoms with Crippen LogP contribution < -0.4 is 15.2 Å². The average Bonchev–Trinajstić information content (AvgIpc) is 3.50. The molecule has 0 radical (unpaired) electrons. The number of carboxylic acids is 1. The van der Waals surface area contributed by atoms with Crippen LogP contribution in [-0.4, -0.2) is 31.2 Å². The second-order valence-corrected chi connectivity index (χ2v) is 8.08. The molecule has 0 unspecified atom stereocenters. The molecule has 8 nitrogen and oxygen atoms in total. The van der Waals surface area contributed by atoms with E-state index in [-0.39, 0.29) is 12.5 Å². The van der Waals surface area contributed by atoms with Gasteiger partial charge in [0, 0.05) is 28.7 Å². The molecule has 0 fully saturated rings. The van der Waals surface area contributed by atoms with Gasteiger partial charge in [-0.3, -0.25) is 0 Å². The summed E-state index contributed by atoms with van der Waals surface area (Å²) in [6.07, 6.45) is 0. The van der Waals surface area contributed by atoms with E-state index in [4.69, 9.17) is 15.2 Å². The molecule has 0 saturated heterocycles. The standard InChI is InChI=1S/C23H16N4O4S/c24-14-3-5-18-15(9-14)21(13-2-6-19-20(8-13)31-11-30-19)22(23(28)29)27(18)10-12-1-4-16-17(7-12)26-32-25-16/h1-9H,10-11,24H2,(H,28,29). The van der Waals surface area contributed by atoms with E-state index >= 15 is 0 Å². The number of nitrogen functional groups attached to an aromatic ring is 1. The summed E-state index contributed by atoms with van der Waals surface area (Å²) in [6.45, 7) is 0.507. The van der Waals surface area contributed by atoms with Crippen molar-refractivity contribution in [3.63, 3.8) is 0 Å². The van der Waals surface area contributed by atoms with Crippen molar-refractivity contribution in [2.45, 2.75) is 6.54 Å². The van der Waals surface area contributed by atoms with E-state index in [9.17, 15) is 9.90 Å². The average molecular weight is 444 g/mol. The quantitative estimate of drug-likeness (QED) is 0.396. The molecule has 0 bridgehead atoms. The third-order valence-electron chi connectivity index (χ3n) is 5.61. The molecule has 0 saturated carbocycles. The van der Waals surface area contributed by atoms with Crippen molar-refractivity contribution < 1.29 is 19.4 Å². The zero-order chi connectivity index (χ0) is 21.8. The maximum atomic E-state index is 12.5. The van der Waals surface area contributed by atoms with Crippen molar-refractivity contribution >= 4 is 45.3 Å². The van der Waals surface area contributed by atoms with Crippen LogP contribution in [0.2, 0.25) is 0 Å². The molecular formula is C23H16N4O4S. The maximum absolute atomic E-state index is 12.5. The lowest BCUT2D eigenvalue weighted by molar-refractivity contribution is 0.0687. The second-order valence-electron chi connectivity index (χ2n) is 7.55. The number of hydrogen-bond acceptors (Lipinski definition) is 7. The molecule has 0 atom stereocenters. The number of anilines is 1. The van der Waals surface area contributed by atoms with Gasteiger partial charge in [-0.15, -0.1) is 0 Å². The molecule has 32 heavy (non-hydrogen) atoms. The number of ether oxygens (including phenoxy) is 2. The number of carbonyl (C=O) groups is 1. The van der Waals surface area contributed by atoms with Crippen LogP contribution in [0.3, 0.4) is 0 Å². The highest BCUT2D eigenvalue weighted by atomic mass is 32.1. The van der Waals surface area contributed by atoms with Crippen molar-refractivity contribution in [3.05, 3.63) is 65.9 Å². The smallest absolute Gasteiger partial charge is 0.353 e. The van der Waals surface area contributed by atoms with Crippen LogP contribution in [0.25, 0.3) is 33.1 Å². The molecule has 0 amide bonds. The molecule has 5 aromatic rings. The topological polar surface area (TPSA) is 112 Å². The summed E-state index contributed by atoms with van der Waals surface area (Å²) in [7, 11) is 0. The van der Waals surface area contributed by atoms with E-state index in [1.54, 1.807) is 16.7 Å². The van der Waals surface area contributed by atoms with E-state index in [1.807, 2.05) is 42.5 Å². The third kappa shape index (κ3) is 2.86. The first kappa shape index (κ1) is 18.6. The van der Waals surface area contributed by atoms with Gasteiger partial charge in [0.1, 0.15) is 16.7 Å². The first-order chi connectivity index (χ1) is 15.6. The van der Waals surface area contributed by atoms with E-state index < -0.39 is 5.97 Å². The number of fused-ring (bicyclic) bond motifs is 3. The number of rotatable bonds is 4. The van der Waals surface area contributed by atoms with Crippen LogP contribution in [-0.2, 0) is 6.54 Å². The SMILES string of the molecule is Nc1ccc2c(c1)c(-c1ccc3c(c1)OCO3)c(C(=O)O)n2Cc1ccc2nsnc2c1. The molecule has 6 rings (SSSR count). The largest absolute Gasteiger partial charge is 0.477 e. The highest BCUT2D eigenvalue weighted by Gasteiger charge is 2.25. The summed E-state index contributed by atoms with van der Waals surface area (Å²) in [5.74, 6) is 0.202. The van der Waals surface area contributed by atoms with Crippen LogP contribution in [0.4, 0.5) is 5.69 Å². The Balaban J connectivity index is 1.59. The predicted molar refractivity (Wildman–Crippen MR) is 121 cm³/mol. The number of nitrogens with two attached hydrogens (primary N) is 1. The Morgan fingerprint density at radius 2 is 1.88 bits per heavy atom. The minimum Gasteiger partial charge on any atom is -0.477 e. The summed E-state index contributed by atoms with van der Waals surface area (Å²) in [6, 6.07) is 16.7. The lowest BCUT2D eigenvalue weighted by Gasteiger charge is -2.10. The van der Waals surface area contributed by atoms with Crippen molar-refractivity contribution in [1.29, 1.82) is 0 Å². The maximum Gasteiger partial charge on any atom is 0.353 e. The van der Waals surface area contributed by atoms with E-state index in [2.05, 4.69) is 8.75 Å². The van der Waals surface area contributed by atoms with Gasteiger partial charge in [-0.25, -0.2) is 4.79 Å². The molecule has 1 aliphatic heterocycles. The van der Waals surface area contributed by atoms with Gasteiger partial charge in [0.25, 0.3) is 0 Å². The number of benzene rings is 3. The van der Waals surface area contributed by atoms with Crippen LogP contribution >= 0.6 is 11.7 Å². The number of carboxylic acid groups (broad SMARTS) is 1. The third-order valence-corrected chi connectivity index (χ3v) is 6.17. The first-order valence-corrected chi connectivity index (χ1v) is 10.6. The molecule has 3 N–H and O–H groups in total. The zero-order valence-corrected chi connectivity index (χ0v) is 17.4. The summed E-state index contributed by atoms with van der Waals surface area (Å²) >= 11 is 1.15. The summed E-state index contributed by atoms with van der Waals surface area (Å²) < 4.78 is 21.3. The van der Waals surface area contributed by atoms with Crippen molar-refractivity contribution in [3.8, 4) is 22.6 Å². The number of hydrogen-bond donors (Lipinski definition) is 2. The fraction of sp³-hybridized carbons (Fsp3) is 0.0870. The van der Waals surface area contributed by atoms with Crippen molar-refractivity contribution in [2.75, 3.05) is 12.5 Å². The van der Waals surface area contributed by atoms with Crippen LogP contribution in [0.5, 0.6) is 11.5 Å². The Hall–Kier alpha value is -4.11. The Labute approximate surface area is 185 Å². The number of aromatic carboxylic acids is 1.